The number of fused-ring (bicyclic) bond motifs is 1. The van der Waals surface area contributed by atoms with Gasteiger partial charge in [0.05, 0.1) is 6.61 Å². The van der Waals surface area contributed by atoms with Gasteiger partial charge in [0.25, 0.3) is 0 Å². The SMILES string of the molecule is CCCNc1ccc2cccc(OCC)c2n1. The van der Waals surface area contributed by atoms with Crippen molar-refractivity contribution >= 4 is 16.7 Å². The summed E-state index contributed by atoms with van der Waals surface area (Å²) in [5, 5.41) is 4.40. The van der Waals surface area contributed by atoms with Crippen molar-refractivity contribution in [2.75, 3.05) is 18.5 Å². The summed E-state index contributed by atoms with van der Waals surface area (Å²) in [6, 6.07) is 10.1. The summed E-state index contributed by atoms with van der Waals surface area (Å²) < 4.78 is 5.59. The number of hydrogen-bond donors (Lipinski definition) is 1. The highest BCUT2D eigenvalue weighted by molar-refractivity contribution is 5.85. The number of hydrogen-bond acceptors (Lipinski definition) is 3. The molecule has 0 atom stereocenters. The zero-order valence-electron chi connectivity index (χ0n) is 10.4. The van der Waals surface area contributed by atoms with Crippen LogP contribution in [-0.2, 0) is 0 Å². The van der Waals surface area contributed by atoms with Crippen LogP contribution in [0.15, 0.2) is 30.3 Å². The van der Waals surface area contributed by atoms with Crippen LogP contribution in [0.2, 0.25) is 0 Å². The maximum Gasteiger partial charge on any atom is 0.145 e. The first-order valence-electron chi connectivity index (χ1n) is 6.11. The van der Waals surface area contributed by atoms with E-state index in [0.29, 0.717) is 6.61 Å². The average Bonchev–Trinajstić information content (AvgIpc) is 2.37. The summed E-state index contributed by atoms with van der Waals surface area (Å²) in [5.74, 6) is 1.76. The van der Waals surface area contributed by atoms with Crippen molar-refractivity contribution in [3.05, 3.63) is 30.3 Å². The number of pyridine rings is 1. The number of anilines is 1. The number of benzene rings is 1. The lowest BCUT2D eigenvalue weighted by Crippen LogP contribution is -2.02. The fraction of sp³-hybridized carbons (Fsp3) is 0.357. The molecule has 2 rings (SSSR count). The second kappa shape index (κ2) is 5.53. The van der Waals surface area contributed by atoms with Crippen molar-refractivity contribution < 1.29 is 4.74 Å². The van der Waals surface area contributed by atoms with Gasteiger partial charge in [-0.15, -0.1) is 0 Å². The predicted molar refractivity (Wildman–Crippen MR) is 71.7 cm³/mol. The van der Waals surface area contributed by atoms with E-state index in [9.17, 15) is 0 Å². The van der Waals surface area contributed by atoms with E-state index in [2.05, 4.69) is 29.4 Å². The molecular weight excluding hydrogens is 212 g/mol. The predicted octanol–water partition coefficient (Wildman–Crippen LogP) is 3.46. The lowest BCUT2D eigenvalue weighted by molar-refractivity contribution is 0.343. The normalized spacial score (nSPS) is 10.5. The zero-order valence-corrected chi connectivity index (χ0v) is 10.4. The van der Waals surface area contributed by atoms with Crippen molar-refractivity contribution in [3.63, 3.8) is 0 Å². The Labute approximate surface area is 102 Å². The summed E-state index contributed by atoms with van der Waals surface area (Å²) in [6.07, 6.45) is 1.09. The third-order valence-electron chi connectivity index (χ3n) is 2.54. The van der Waals surface area contributed by atoms with E-state index in [1.807, 2.05) is 25.1 Å². The van der Waals surface area contributed by atoms with Gasteiger partial charge in [0.15, 0.2) is 0 Å². The molecule has 1 aromatic heterocycles. The van der Waals surface area contributed by atoms with Gasteiger partial charge >= 0.3 is 0 Å². The largest absolute Gasteiger partial charge is 0.492 e. The molecule has 1 N–H and O–H groups in total. The molecule has 1 heterocycles. The molecule has 3 nitrogen and oxygen atoms in total. The lowest BCUT2D eigenvalue weighted by atomic mass is 10.2. The van der Waals surface area contributed by atoms with Crippen LogP contribution in [0.5, 0.6) is 5.75 Å². The number of aromatic nitrogens is 1. The number of ether oxygens (including phenoxy) is 1. The molecule has 17 heavy (non-hydrogen) atoms. The first-order valence-corrected chi connectivity index (χ1v) is 6.11. The van der Waals surface area contributed by atoms with E-state index >= 15 is 0 Å². The van der Waals surface area contributed by atoms with Crippen LogP contribution in [0.25, 0.3) is 10.9 Å². The molecule has 90 valence electrons. The van der Waals surface area contributed by atoms with Crippen LogP contribution in [-0.4, -0.2) is 18.1 Å². The van der Waals surface area contributed by atoms with Crippen molar-refractivity contribution in [1.29, 1.82) is 0 Å². The van der Waals surface area contributed by atoms with Crippen molar-refractivity contribution in [2.24, 2.45) is 0 Å². The third-order valence-corrected chi connectivity index (χ3v) is 2.54. The topological polar surface area (TPSA) is 34.1 Å². The molecule has 0 unspecified atom stereocenters. The van der Waals surface area contributed by atoms with Gasteiger partial charge in [-0.1, -0.05) is 19.1 Å². The van der Waals surface area contributed by atoms with Crippen molar-refractivity contribution in [1.82, 2.24) is 4.98 Å². The van der Waals surface area contributed by atoms with Crippen molar-refractivity contribution in [3.8, 4) is 5.75 Å². The van der Waals surface area contributed by atoms with E-state index < -0.39 is 0 Å². The van der Waals surface area contributed by atoms with Gasteiger partial charge in [-0.3, -0.25) is 0 Å². The van der Waals surface area contributed by atoms with Gasteiger partial charge < -0.3 is 10.1 Å². The Hall–Kier alpha value is -1.77. The Balaban J connectivity index is 2.38. The average molecular weight is 230 g/mol. The second-order valence-electron chi connectivity index (χ2n) is 3.88. The van der Waals surface area contributed by atoms with Gasteiger partial charge in [-0.25, -0.2) is 4.98 Å². The van der Waals surface area contributed by atoms with E-state index in [1.165, 1.54) is 0 Å². The van der Waals surface area contributed by atoms with Crippen LogP contribution in [0.4, 0.5) is 5.82 Å². The molecule has 0 radical (unpaired) electrons. The molecule has 0 saturated carbocycles. The molecule has 1 aromatic carbocycles. The van der Waals surface area contributed by atoms with E-state index in [1.54, 1.807) is 0 Å². The highest BCUT2D eigenvalue weighted by Gasteiger charge is 2.03. The Bertz CT molecular complexity index is 497. The molecule has 0 aliphatic rings. The standard InChI is InChI=1S/C14H18N2O/c1-3-10-15-13-9-8-11-6-5-7-12(17-4-2)14(11)16-13/h5-9H,3-4,10H2,1-2H3,(H,15,16). The minimum absolute atomic E-state index is 0.660. The summed E-state index contributed by atoms with van der Waals surface area (Å²) >= 11 is 0. The van der Waals surface area contributed by atoms with E-state index in [0.717, 1.165) is 35.4 Å². The van der Waals surface area contributed by atoms with Gasteiger partial charge in [0.1, 0.15) is 17.1 Å². The molecule has 0 aliphatic heterocycles. The van der Waals surface area contributed by atoms with Gasteiger partial charge in [0, 0.05) is 11.9 Å². The molecule has 0 amide bonds. The molecule has 0 fully saturated rings. The highest BCUT2D eigenvalue weighted by atomic mass is 16.5. The fourth-order valence-corrected chi connectivity index (χ4v) is 1.74. The second-order valence-corrected chi connectivity index (χ2v) is 3.88. The summed E-state index contributed by atoms with van der Waals surface area (Å²) in [7, 11) is 0. The van der Waals surface area contributed by atoms with Crippen molar-refractivity contribution in [2.45, 2.75) is 20.3 Å². The van der Waals surface area contributed by atoms with Crippen LogP contribution < -0.4 is 10.1 Å². The molecule has 0 bridgehead atoms. The highest BCUT2D eigenvalue weighted by Crippen LogP contribution is 2.25. The molecule has 0 aliphatic carbocycles. The minimum Gasteiger partial charge on any atom is -0.492 e. The minimum atomic E-state index is 0.660. The molecule has 0 spiro atoms. The number of nitrogens with one attached hydrogen (secondary N) is 1. The summed E-state index contributed by atoms with van der Waals surface area (Å²) in [5.41, 5.74) is 0.926. The lowest BCUT2D eigenvalue weighted by Gasteiger charge is -2.09. The summed E-state index contributed by atoms with van der Waals surface area (Å²) in [4.78, 5) is 4.60. The number of rotatable bonds is 5. The Kier molecular flexibility index (Phi) is 3.81. The maximum atomic E-state index is 5.59. The Morgan fingerprint density at radius 3 is 2.82 bits per heavy atom. The first-order chi connectivity index (χ1) is 8.35. The Morgan fingerprint density at radius 2 is 2.06 bits per heavy atom. The van der Waals surface area contributed by atoms with Crippen LogP contribution in [0, 0.1) is 0 Å². The maximum absolute atomic E-state index is 5.59. The van der Waals surface area contributed by atoms with Gasteiger partial charge in [0.2, 0.25) is 0 Å². The Morgan fingerprint density at radius 1 is 1.18 bits per heavy atom. The van der Waals surface area contributed by atoms with Gasteiger partial charge in [-0.05, 0) is 31.5 Å². The molecule has 2 aromatic rings. The molecule has 0 saturated heterocycles. The first kappa shape index (κ1) is 11.7. The zero-order chi connectivity index (χ0) is 12.1. The number of nitrogens with zero attached hydrogens (tertiary/aromatic N) is 1. The van der Waals surface area contributed by atoms with Crippen LogP contribution >= 0.6 is 0 Å². The number of para-hydroxylation sites is 1. The molecular formula is C14H18N2O. The van der Waals surface area contributed by atoms with E-state index in [4.69, 9.17) is 4.74 Å². The van der Waals surface area contributed by atoms with Gasteiger partial charge in [-0.2, -0.15) is 0 Å². The van der Waals surface area contributed by atoms with E-state index in [-0.39, 0.29) is 0 Å². The summed E-state index contributed by atoms with van der Waals surface area (Å²) in [6.45, 7) is 5.72. The molecule has 3 heteroatoms. The third kappa shape index (κ3) is 2.67. The van der Waals surface area contributed by atoms with Crippen LogP contribution in [0.3, 0.4) is 0 Å². The smallest absolute Gasteiger partial charge is 0.145 e. The fourth-order valence-electron chi connectivity index (χ4n) is 1.74. The quantitative estimate of drug-likeness (QED) is 0.854. The van der Waals surface area contributed by atoms with Crippen LogP contribution in [0.1, 0.15) is 20.3 Å². The monoisotopic (exact) mass is 230 g/mol.